The highest BCUT2D eigenvalue weighted by Gasteiger charge is 2.12. The van der Waals surface area contributed by atoms with Crippen molar-refractivity contribution >= 4 is 5.69 Å². The molecule has 0 aliphatic heterocycles. The van der Waals surface area contributed by atoms with Crippen molar-refractivity contribution in [1.29, 1.82) is 0 Å². The molecule has 124 valence electrons. The Balaban J connectivity index is 1.63. The van der Waals surface area contributed by atoms with Crippen LogP contribution in [0.5, 0.6) is 11.5 Å². The minimum atomic E-state index is 0.242. The number of hydrogen-bond acceptors (Lipinski definition) is 5. The van der Waals surface area contributed by atoms with E-state index >= 15 is 0 Å². The van der Waals surface area contributed by atoms with Crippen molar-refractivity contribution in [2.24, 2.45) is 0 Å². The van der Waals surface area contributed by atoms with Gasteiger partial charge in [-0.2, -0.15) is 4.98 Å². The molecule has 3 aromatic rings. The number of anilines is 1. The second kappa shape index (κ2) is 7.17. The zero-order valence-electron chi connectivity index (χ0n) is 14.1. The fraction of sp³-hybridized carbons (Fsp3) is 0.263. The van der Waals surface area contributed by atoms with Gasteiger partial charge in [-0.3, -0.25) is 0 Å². The summed E-state index contributed by atoms with van der Waals surface area (Å²) >= 11 is 0. The van der Waals surface area contributed by atoms with Crippen LogP contribution in [0.3, 0.4) is 0 Å². The summed E-state index contributed by atoms with van der Waals surface area (Å²) in [6.45, 7) is 4.66. The van der Waals surface area contributed by atoms with Crippen molar-refractivity contribution in [2.75, 3.05) is 11.9 Å². The Morgan fingerprint density at radius 3 is 2.29 bits per heavy atom. The highest BCUT2D eigenvalue weighted by atomic mass is 16.5. The van der Waals surface area contributed by atoms with Gasteiger partial charge in [0.2, 0.25) is 5.89 Å². The Kier molecular flexibility index (Phi) is 4.79. The lowest BCUT2D eigenvalue weighted by atomic mass is 10.2. The van der Waals surface area contributed by atoms with E-state index in [2.05, 4.69) is 15.0 Å². The standard InChI is InChI=1S/C19H21N3O2/c1-14(2)19-20-18(21-24-19)13-22(3)15-9-11-17(12-10-15)23-16-7-5-4-6-8-16/h4-12,14H,13H2,1-3H3. The van der Waals surface area contributed by atoms with E-state index in [4.69, 9.17) is 9.26 Å². The Labute approximate surface area is 141 Å². The van der Waals surface area contributed by atoms with E-state index in [9.17, 15) is 0 Å². The minimum absolute atomic E-state index is 0.242. The third-order valence-corrected chi connectivity index (χ3v) is 3.61. The van der Waals surface area contributed by atoms with Gasteiger partial charge < -0.3 is 14.2 Å². The number of hydrogen-bond donors (Lipinski definition) is 0. The van der Waals surface area contributed by atoms with Crippen molar-refractivity contribution in [1.82, 2.24) is 10.1 Å². The molecule has 24 heavy (non-hydrogen) atoms. The van der Waals surface area contributed by atoms with E-state index in [1.807, 2.05) is 75.5 Å². The van der Waals surface area contributed by atoms with E-state index in [0.717, 1.165) is 17.2 Å². The summed E-state index contributed by atoms with van der Waals surface area (Å²) in [4.78, 5) is 6.48. The molecule has 0 radical (unpaired) electrons. The maximum absolute atomic E-state index is 5.80. The van der Waals surface area contributed by atoms with E-state index in [1.165, 1.54) is 0 Å². The van der Waals surface area contributed by atoms with Crippen LogP contribution in [-0.4, -0.2) is 17.2 Å². The highest BCUT2D eigenvalue weighted by Crippen LogP contribution is 2.24. The average Bonchev–Trinajstić information content (AvgIpc) is 3.05. The molecule has 0 aliphatic rings. The molecule has 0 aliphatic carbocycles. The minimum Gasteiger partial charge on any atom is -0.457 e. The van der Waals surface area contributed by atoms with Crippen LogP contribution >= 0.6 is 0 Å². The second-order valence-corrected chi connectivity index (χ2v) is 5.97. The van der Waals surface area contributed by atoms with Gasteiger partial charge in [0.25, 0.3) is 0 Å². The van der Waals surface area contributed by atoms with Crippen molar-refractivity contribution in [3.8, 4) is 11.5 Å². The second-order valence-electron chi connectivity index (χ2n) is 5.97. The summed E-state index contributed by atoms with van der Waals surface area (Å²) in [5.41, 5.74) is 1.06. The summed E-state index contributed by atoms with van der Waals surface area (Å²) < 4.78 is 11.0. The predicted molar refractivity (Wildman–Crippen MR) is 93.5 cm³/mol. The van der Waals surface area contributed by atoms with Crippen LogP contribution in [0.15, 0.2) is 59.1 Å². The number of rotatable bonds is 6. The van der Waals surface area contributed by atoms with Gasteiger partial charge in [0.15, 0.2) is 5.82 Å². The third kappa shape index (κ3) is 3.93. The van der Waals surface area contributed by atoms with Crippen molar-refractivity contribution < 1.29 is 9.26 Å². The van der Waals surface area contributed by atoms with Gasteiger partial charge in [0.05, 0.1) is 6.54 Å². The lowest BCUT2D eigenvalue weighted by molar-refractivity contribution is 0.360. The summed E-state index contributed by atoms with van der Waals surface area (Å²) in [7, 11) is 2.00. The van der Waals surface area contributed by atoms with Crippen molar-refractivity contribution in [3.05, 3.63) is 66.3 Å². The van der Waals surface area contributed by atoms with Gasteiger partial charge in [0, 0.05) is 18.7 Å². The molecule has 3 rings (SSSR count). The largest absolute Gasteiger partial charge is 0.457 e. The summed E-state index contributed by atoms with van der Waals surface area (Å²) in [6, 6.07) is 17.7. The van der Waals surface area contributed by atoms with Gasteiger partial charge in [-0.25, -0.2) is 0 Å². The molecule has 0 amide bonds. The zero-order chi connectivity index (χ0) is 16.9. The van der Waals surface area contributed by atoms with Crippen LogP contribution in [0.1, 0.15) is 31.5 Å². The fourth-order valence-electron chi connectivity index (χ4n) is 2.26. The number of nitrogens with zero attached hydrogens (tertiary/aromatic N) is 3. The number of ether oxygens (including phenoxy) is 1. The summed E-state index contributed by atoms with van der Waals surface area (Å²) in [6.07, 6.45) is 0. The molecular weight excluding hydrogens is 302 g/mol. The van der Waals surface area contributed by atoms with Crippen LogP contribution in [0, 0.1) is 0 Å². The molecular formula is C19H21N3O2. The van der Waals surface area contributed by atoms with E-state index in [1.54, 1.807) is 0 Å². The van der Waals surface area contributed by atoms with Gasteiger partial charge in [0.1, 0.15) is 11.5 Å². The van der Waals surface area contributed by atoms with Gasteiger partial charge in [-0.05, 0) is 36.4 Å². The zero-order valence-corrected chi connectivity index (χ0v) is 14.1. The van der Waals surface area contributed by atoms with Crippen LogP contribution in [0.2, 0.25) is 0 Å². The molecule has 0 N–H and O–H groups in total. The van der Waals surface area contributed by atoms with Crippen molar-refractivity contribution in [2.45, 2.75) is 26.3 Å². The van der Waals surface area contributed by atoms with Crippen LogP contribution in [-0.2, 0) is 6.54 Å². The smallest absolute Gasteiger partial charge is 0.229 e. The fourth-order valence-corrected chi connectivity index (χ4v) is 2.26. The number of benzene rings is 2. The Bertz CT molecular complexity index is 767. The van der Waals surface area contributed by atoms with E-state index < -0.39 is 0 Å². The predicted octanol–water partition coefficient (Wildman–Crippen LogP) is 4.62. The van der Waals surface area contributed by atoms with Crippen LogP contribution < -0.4 is 9.64 Å². The highest BCUT2D eigenvalue weighted by molar-refractivity contribution is 5.49. The lowest BCUT2D eigenvalue weighted by Gasteiger charge is -2.17. The molecule has 1 aromatic heterocycles. The molecule has 0 fully saturated rings. The van der Waals surface area contributed by atoms with E-state index in [0.29, 0.717) is 18.3 Å². The molecule has 1 heterocycles. The first kappa shape index (κ1) is 16.1. The molecule has 0 bridgehead atoms. The quantitative estimate of drug-likeness (QED) is 0.662. The monoisotopic (exact) mass is 323 g/mol. The number of para-hydroxylation sites is 1. The van der Waals surface area contributed by atoms with Gasteiger partial charge in [-0.15, -0.1) is 0 Å². The first-order chi connectivity index (χ1) is 11.6. The SMILES string of the molecule is CC(C)c1nc(CN(C)c2ccc(Oc3ccccc3)cc2)no1. The summed E-state index contributed by atoms with van der Waals surface area (Å²) in [5, 5.41) is 4.02. The van der Waals surface area contributed by atoms with Gasteiger partial charge >= 0.3 is 0 Å². The maximum atomic E-state index is 5.80. The van der Waals surface area contributed by atoms with Crippen LogP contribution in [0.25, 0.3) is 0 Å². The molecule has 0 atom stereocenters. The molecule has 0 unspecified atom stereocenters. The molecule has 0 spiro atoms. The molecule has 5 heteroatoms. The van der Waals surface area contributed by atoms with Crippen molar-refractivity contribution in [3.63, 3.8) is 0 Å². The maximum Gasteiger partial charge on any atom is 0.229 e. The van der Waals surface area contributed by atoms with Crippen LogP contribution in [0.4, 0.5) is 5.69 Å². The Morgan fingerprint density at radius 1 is 1.00 bits per heavy atom. The Hall–Kier alpha value is -2.82. The third-order valence-electron chi connectivity index (χ3n) is 3.61. The molecule has 0 saturated carbocycles. The first-order valence-electron chi connectivity index (χ1n) is 7.98. The Morgan fingerprint density at radius 2 is 1.67 bits per heavy atom. The first-order valence-corrected chi connectivity index (χ1v) is 7.98. The normalized spacial score (nSPS) is 10.8. The average molecular weight is 323 g/mol. The summed E-state index contributed by atoms with van der Waals surface area (Å²) in [5.74, 6) is 3.23. The molecule has 0 saturated heterocycles. The van der Waals surface area contributed by atoms with Gasteiger partial charge in [-0.1, -0.05) is 37.2 Å². The lowest BCUT2D eigenvalue weighted by Crippen LogP contribution is -2.17. The molecule has 5 nitrogen and oxygen atoms in total. The van der Waals surface area contributed by atoms with E-state index in [-0.39, 0.29) is 5.92 Å². The topological polar surface area (TPSA) is 51.4 Å². The number of aromatic nitrogens is 2. The molecule has 2 aromatic carbocycles.